The molecule has 64 heavy (non-hydrogen) atoms. The van der Waals surface area contributed by atoms with Crippen molar-refractivity contribution in [2.24, 2.45) is 0 Å². The Morgan fingerprint density at radius 1 is 0.328 bits per heavy atom. The van der Waals surface area contributed by atoms with Crippen LogP contribution in [-0.2, 0) is 5.41 Å². The fourth-order valence-corrected chi connectivity index (χ4v) is 10.9. The third-order valence-corrected chi connectivity index (χ3v) is 15.2. The van der Waals surface area contributed by atoms with Gasteiger partial charge in [-0.2, -0.15) is 0 Å². The van der Waals surface area contributed by atoms with Gasteiger partial charge in [-0.3, -0.25) is 0 Å². The lowest BCUT2D eigenvalue weighted by Gasteiger charge is -2.27. The van der Waals surface area contributed by atoms with Crippen molar-refractivity contribution in [1.82, 2.24) is 9.97 Å². The van der Waals surface area contributed by atoms with E-state index in [0.29, 0.717) is 0 Å². The highest BCUT2D eigenvalue weighted by atomic mass is 14.9. The van der Waals surface area contributed by atoms with Gasteiger partial charge >= 0.3 is 0 Å². The summed E-state index contributed by atoms with van der Waals surface area (Å²) in [6, 6.07) is 51.0. The van der Waals surface area contributed by atoms with E-state index in [-0.39, 0.29) is 5.41 Å². The minimum atomic E-state index is -0.147. The Morgan fingerprint density at radius 3 is 1.36 bits per heavy atom. The predicted molar refractivity (Wildman–Crippen MR) is 303 cm³/mol. The summed E-state index contributed by atoms with van der Waals surface area (Å²) in [5, 5.41) is 2.38. The maximum atomic E-state index is 5.44. The highest BCUT2D eigenvalue weighted by Crippen LogP contribution is 2.51. The summed E-state index contributed by atoms with van der Waals surface area (Å²) >= 11 is 0. The smallest absolute Gasteiger partial charge is 0.160 e. The largest absolute Gasteiger partial charge is 0.228 e. The number of nitrogens with zero attached hydrogens (tertiary/aromatic N) is 2. The van der Waals surface area contributed by atoms with Gasteiger partial charge in [-0.05, 0) is 90.2 Å². The SMILES string of the molecule is Bc1c(B)c(B)c(-c2c(B)c(B)c(B)c(-c3cc(-c4ccc(-c5ccc6c(c5)C(C)(C)c5cc(-c7ccccc7)ccc5-6)c5ccccc45)nc(-c4ccccc4)n3)c2B)c(B)c1B. The van der Waals surface area contributed by atoms with Gasteiger partial charge in [0.15, 0.2) is 5.82 Å². The van der Waals surface area contributed by atoms with Gasteiger partial charge < -0.3 is 0 Å². The number of benzene rings is 8. The molecule has 2 nitrogen and oxygen atoms in total. The second-order valence-electron chi connectivity index (χ2n) is 18.8. The van der Waals surface area contributed by atoms with Crippen LogP contribution < -0.4 is 49.2 Å². The van der Waals surface area contributed by atoms with Gasteiger partial charge in [0, 0.05) is 16.5 Å². The summed E-state index contributed by atoms with van der Waals surface area (Å²) in [6.07, 6.45) is 0. The van der Waals surface area contributed by atoms with Gasteiger partial charge in [0.2, 0.25) is 0 Å². The van der Waals surface area contributed by atoms with E-state index in [2.05, 4.69) is 224 Å². The molecular weight excluding hydrogens is 762 g/mol. The molecule has 11 heteroatoms. The molecule has 9 aromatic rings. The van der Waals surface area contributed by atoms with E-state index in [0.717, 1.165) is 28.3 Å². The van der Waals surface area contributed by atoms with E-state index in [9.17, 15) is 0 Å². The van der Waals surface area contributed by atoms with Crippen LogP contribution in [0.3, 0.4) is 0 Å². The topological polar surface area (TPSA) is 25.8 Å². The zero-order valence-corrected chi connectivity index (χ0v) is 39.2. The molecule has 0 radical (unpaired) electrons. The van der Waals surface area contributed by atoms with E-state index in [1.54, 1.807) is 0 Å². The van der Waals surface area contributed by atoms with Crippen molar-refractivity contribution in [2.75, 3.05) is 0 Å². The van der Waals surface area contributed by atoms with Crippen molar-refractivity contribution in [3.05, 3.63) is 151 Å². The molecule has 0 saturated carbocycles. The number of hydrogen-bond acceptors (Lipinski definition) is 2. The fraction of sp³-hybridized carbons (Fsp3) is 0.0566. The van der Waals surface area contributed by atoms with Crippen molar-refractivity contribution in [3.8, 4) is 78.4 Å². The lowest BCUT2D eigenvalue weighted by molar-refractivity contribution is 0.661. The zero-order valence-electron chi connectivity index (χ0n) is 39.2. The Hall–Kier alpha value is -6.32. The van der Waals surface area contributed by atoms with Crippen molar-refractivity contribution in [3.63, 3.8) is 0 Å². The monoisotopic (exact) mass is 810 g/mol. The van der Waals surface area contributed by atoms with Gasteiger partial charge in [0.1, 0.15) is 70.6 Å². The minimum absolute atomic E-state index is 0.147. The molecule has 1 aliphatic rings. The molecule has 0 saturated heterocycles. The second-order valence-corrected chi connectivity index (χ2v) is 18.8. The summed E-state index contributed by atoms with van der Waals surface area (Å²) < 4.78 is 0. The van der Waals surface area contributed by atoms with E-state index < -0.39 is 0 Å². The van der Waals surface area contributed by atoms with E-state index in [4.69, 9.17) is 9.97 Å². The van der Waals surface area contributed by atoms with Crippen molar-refractivity contribution < 1.29 is 0 Å². The van der Waals surface area contributed by atoms with Gasteiger partial charge in [0.05, 0.1) is 11.4 Å². The first-order valence-electron chi connectivity index (χ1n) is 22.8. The quantitative estimate of drug-likeness (QED) is 0.187. The highest BCUT2D eigenvalue weighted by molar-refractivity contribution is 6.70. The Kier molecular flexibility index (Phi) is 10.2. The zero-order chi connectivity index (χ0) is 44.8. The molecule has 8 aromatic carbocycles. The maximum absolute atomic E-state index is 5.44. The Labute approximate surface area is 386 Å². The van der Waals surface area contributed by atoms with Crippen LogP contribution in [0.25, 0.3) is 89.2 Å². The number of hydrogen-bond donors (Lipinski definition) is 0. The first-order chi connectivity index (χ1) is 30.8. The molecule has 0 amide bonds. The highest BCUT2D eigenvalue weighted by Gasteiger charge is 2.36. The molecule has 0 aliphatic heterocycles. The van der Waals surface area contributed by atoms with Crippen LogP contribution in [-0.4, -0.2) is 80.6 Å². The molecule has 0 atom stereocenters. The van der Waals surface area contributed by atoms with Crippen LogP contribution in [0.1, 0.15) is 25.0 Å². The molecule has 1 aromatic heterocycles. The molecule has 0 bridgehead atoms. The maximum Gasteiger partial charge on any atom is 0.160 e. The third kappa shape index (κ3) is 6.53. The fourth-order valence-electron chi connectivity index (χ4n) is 10.9. The summed E-state index contributed by atoms with van der Waals surface area (Å²) in [4.78, 5) is 10.8. The molecular formula is C53H47B9N2. The third-order valence-electron chi connectivity index (χ3n) is 15.2. The molecule has 0 N–H and O–H groups in total. The number of fused-ring (bicyclic) bond motifs is 4. The van der Waals surface area contributed by atoms with Crippen molar-refractivity contribution in [2.45, 2.75) is 19.3 Å². The lowest BCUT2D eigenvalue weighted by atomic mass is 9.56. The minimum Gasteiger partial charge on any atom is -0.228 e. The molecule has 0 unspecified atom stereocenters. The van der Waals surface area contributed by atoms with Crippen LogP contribution >= 0.6 is 0 Å². The molecule has 10 rings (SSSR count). The summed E-state index contributed by atoms with van der Waals surface area (Å²) in [5.41, 5.74) is 30.0. The number of aromatic nitrogens is 2. The summed E-state index contributed by atoms with van der Waals surface area (Å²) in [5.74, 6) is 0.727. The normalized spacial score (nSPS) is 12.6. The Bertz CT molecular complexity index is 3380. The van der Waals surface area contributed by atoms with E-state index >= 15 is 0 Å². The van der Waals surface area contributed by atoms with Crippen molar-refractivity contribution >= 4 is 131 Å². The van der Waals surface area contributed by atoms with Crippen LogP contribution in [0.5, 0.6) is 0 Å². The summed E-state index contributed by atoms with van der Waals surface area (Å²) in [6.45, 7) is 4.75. The first-order valence-corrected chi connectivity index (χ1v) is 22.8. The lowest BCUT2D eigenvalue weighted by Crippen LogP contribution is -2.57. The van der Waals surface area contributed by atoms with Gasteiger partial charge in [0.25, 0.3) is 0 Å². The Morgan fingerprint density at radius 2 is 0.750 bits per heavy atom. The molecule has 1 aliphatic carbocycles. The second kappa shape index (κ2) is 15.7. The van der Waals surface area contributed by atoms with Crippen molar-refractivity contribution in [1.29, 1.82) is 0 Å². The van der Waals surface area contributed by atoms with E-state index in [1.165, 1.54) is 121 Å². The molecule has 0 spiro atoms. The van der Waals surface area contributed by atoms with Crippen LogP contribution in [0.15, 0.2) is 140 Å². The van der Waals surface area contributed by atoms with Crippen LogP contribution in [0.2, 0.25) is 0 Å². The van der Waals surface area contributed by atoms with Crippen LogP contribution in [0.4, 0.5) is 0 Å². The summed E-state index contributed by atoms with van der Waals surface area (Å²) in [7, 11) is 20.6. The predicted octanol–water partition coefficient (Wildman–Crippen LogP) is -1.74. The van der Waals surface area contributed by atoms with Gasteiger partial charge in [-0.1, -0.05) is 162 Å². The number of rotatable bonds is 6. The van der Waals surface area contributed by atoms with Gasteiger partial charge in [-0.25, -0.2) is 9.97 Å². The standard InChI is InChI=1S/C53H47B9N2/c1-53(2)36-23-28(26-11-5-3-6-12-26)17-19-33(36)34-20-18-29(24-37(34)53)30-21-22-35(32-16-10-9-15-31(30)32)38-25-39(64-52(63-38)27-13-7-4-8-14-27)40-43(54)41(45(56)48(59)44(40)55)42-46(57)49(60)51(62)50(61)47(42)58/h3-25H,54-62H2,1-2H3. The average molecular weight is 809 g/mol. The van der Waals surface area contributed by atoms with Crippen LogP contribution in [0, 0.1) is 0 Å². The van der Waals surface area contributed by atoms with E-state index in [1.807, 2.05) is 0 Å². The molecule has 0 fully saturated rings. The molecule has 1 heterocycles. The molecule has 296 valence electrons. The average Bonchev–Trinajstić information content (AvgIpc) is 3.55. The first kappa shape index (κ1) is 41.7. The van der Waals surface area contributed by atoms with Gasteiger partial charge in [-0.15, -0.1) is 21.9 Å². The Balaban J connectivity index is 1.14.